The molecule has 0 aliphatic heterocycles. The molecule has 0 spiro atoms. The second kappa shape index (κ2) is 10.0. The number of carbonyl (C=O) groups is 2. The van der Waals surface area contributed by atoms with Crippen molar-refractivity contribution < 1.29 is 29.4 Å². The van der Waals surface area contributed by atoms with Crippen LogP contribution in [0.25, 0.3) is 11.1 Å². The van der Waals surface area contributed by atoms with E-state index < -0.39 is 30.4 Å². The standard InChI is InChI=1S/C21H19Cl2N3O6/c1-11-15(6-14(22)7-16(11)23)13-4-2-12(3-5-13)9-26(10-17(27)21(30)31)24-20(29)18-8-19(28)25-32-18/h2-8,17,27H,9-10H2,1H3,(H,24,29)(H,25,28)(H,30,31). The van der Waals surface area contributed by atoms with Gasteiger partial charge in [-0.3, -0.25) is 10.2 Å². The minimum atomic E-state index is -1.74. The van der Waals surface area contributed by atoms with E-state index in [1.807, 2.05) is 19.1 Å². The summed E-state index contributed by atoms with van der Waals surface area (Å²) in [6, 6.07) is 11.7. The Morgan fingerprint density at radius 3 is 2.47 bits per heavy atom. The number of benzene rings is 2. The summed E-state index contributed by atoms with van der Waals surface area (Å²) in [5, 5.41) is 33.5. The molecule has 1 heterocycles. The lowest BCUT2D eigenvalue weighted by atomic mass is 9.99. The predicted molar refractivity (Wildman–Crippen MR) is 116 cm³/mol. The number of nitrogens with one attached hydrogen (secondary N) is 1. The van der Waals surface area contributed by atoms with Gasteiger partial charge in [0.1, 0.15) is 0 Å². The van der Waals surface area contributed by atoms with Crippen LogP contribution in [-0.4, -0.2) is 50.0 Å². The van der Waals surface area contributed by atoms with Crippen LogP contribution in [0.3, 0.4) is 0 Å². The molecular formula is C21H19Cl2N3O6. The number of rotatable bonds is 8. The number of carbonyl (C=O) groups excluding carboxylic acids is 1. The van der Waals surface area contributed by atoms with Crippen LogP contribution in [0, 0.1) is 6.92 Å². The Labute approximate surface area is 192 Å². The summed E-state index contributed by atoms with van der Waals surface area (Å²) in [5.41, 5.74) is 5.77. The number of aromatic hydroxyl groups is 1. The molecule has 3 aromatic rings. The van der Waals surface area contributed by atoms with E-state index in [2.05, 4.69) is 15.1 Å². The highest BCUT2D eigenvalue weighted by Crippen LogP contribution is 2.32. The fourth-order valence-electron chi connectivity index (χ4n) is 2.96. The normalized spacial score (nSPS) is 12.0. The van der Waals surface area contributed by atoms with Gasteiger partial charge in [-0.15, -0.1) is 0 Å². The molecule has 1 aromatic heterocycles. The number of halogens is 2. The first-order chi connectivity index (χ1) is 15.1. The summed E-state index contributed by atoms with van der Waals surface area (Å²) in [4.78, 5) is 23.4. The Balaban J connectivity index is 1.79. The molecule has 168 valence electrons. The Morgan fingerprint density at radius 2 is 1.88 bits per heavy atom. The average Bonchev–Trinajstić information content (AvgIpc) is 3.17. The average molecular weight is 480 g/mol. The highest BCUT2D eigenvalue weighted by molar-refractivity contribution is 6.35. The zero-order chi connectivity index (χ0) is 23.4. The molecule has 0 fully saturated rings. The van der Waals surface area contributed by atoms with E-state index in [-0.39, 0.29) is 12.3 Å². The number of aliphatic hydroxyl groups is 1. The molecule has 2 aromatic carbocycles. The molecule has 1 amide bonds. The lowest BCUT2D eigenvalue weighted by molar-refractivity contribution is -0.148. The van der Waals surface area contributed by atoms with Crippen LogP contribution in [-0.2, 0) is 11.3 Å². The molecule has 0 bridgehead atoms. The molecule has 0 radical (unpaired) electrons. The molecule has 0 saturated heterocycles. The number of aromatic nitrogens is 1. The number of aliphatic carboxylic acids is 1. The lowest BCUT2D eigenvalue weighted by Crippen LogP contribution is -2.47. The Bertz CT molecular complexity index is 1130. The van der Waals surface area contributed by atoms with Gasteiger partial charge in [0.2, 0.25) is 5.76 Å². The molecule has 32 heavy (non-hydrogen) atoms. The summed E-state index contributed by atoms with van der Waals surface area (Å²) in [5.74, 6) is -2.96. The van der Waals surface area contributed by atoms with E-state index in [4.69, 9.17) is 28.3 Å². The van der Waals surface area contributed by atoms with E-state index in [0.717, 1.165) is 28.3 Å². The van der Waals surface area contributed by atoms with Crippen molar-refractivity contribution in [2.45, 2.75) is 19.6 Å². The zero-order valence-corrected chi connectivity index (χ0v) is 18.3. The van der Waals surface area contributed by atoms with Crippen molar-refractivity contribution in [2.75, 3.05) is 6.54 Å². The summed E-state index contributed by atoms with van der Waals surface area (Å²) in [6.07, 6.45) is -1.74. The lowest BCUT2D eigenvalue weighted by Gasteiger charge is -2.24. The van der Waals surface area contributed by atoms with Gasteiger partial charge in [-0.1, -0.05) is 47.5 Å². The van der Waals surface area contributed by atoms with Gasteiger partial charge in [0.15, 0.2) is 6.10 Å². The van der Waals surface area contributed by atoms with Crippen molar-refractivity contribution in [3.8, 4) is 17.0 Å². The van der Waals surface area contributed by atoms with Gasteiger partial charge in [-0.25, -0.2) is 9.80 Å². The van der Waals surface area contributed by atoms with Gasteiger partial charge >= 0.3 is 11.9 Å². The first kappa shape index (κ1) is 23.6. The van der Waals surface area contributed by atoms with Crippen LogP contribution in [0.15, 0.2) is 47.0 Å². The number of hydrazine groups is 1. The van der Waals surface area contributed by atoms with Crippen LogP contribution in [0.2, 0.25) is 10.0 Å². The number of hydrogen-bond donors (Lipinski definition) is 4. The van der Waals surface area contributed by atoms with E-state index in [1.54, 1.807) is 24.3 Å². The fourth-order valence-corrected chi connectivity index (χ4v) is 3.46. The Morgan fingerprint density at radius 1 is 1.19 bits per heavy atom. The van der Waals surface area contributed by atoms with Crippen LogP contribution in [0.4, 0.5) is 0 Å². The van der Waals surface area contributed by atoms with Crippen molar-refractivity contribution in [2.24, 2.45) is 0 Å². The van der Waals surface area contributed by atoms with Gasteiger partial charge in [-0.2, -0.15) is 0 Å². The SMILES string of the molecule is Cc1c(Cl)cc(Cl)cc1-c1ccc(CN(CC(O)C(=O)O)NC(=O)c2cc(O)no2)cc1. The maximum Gasteiger partial charge on any atom is 0.333 e. The van der Waals surface area contributed by atoms with Gasteiger partial charge in [0.05, 0.1) is 12.6 Å². The van der Waals surface area contributed by atoms with E-state index >= 15 is 0 Å². The van der Waals surface area contributed by atoms with Crippen molar-refractivity contribution in [1.29, 1.82) is 0 Å². The number of amides is 1. The Kier molecular flexibility index (Phi) is 7.37. The minimum absolute atomic E-state index is 0.0752. The van der Waals surface area contributed by atoms with Crippen molar-refractivity contribution in [3.05, 3.63) is 69.4 Å². The maximum absolute atomic E-state index is 12.3. The third-order valence-corrected chi connectivity index (χ3v) is 5.22. The summed E-state index contributed by atoms with van der Waals surface area (Å²) < 4.78 is 4.69. The first-order valence-corrected chi connectivity index (χ1v) is 10.1. The number of aliphatic hydroxyl groups excluding tert-OH is 1. The zero-order valence-electron chi connectivity index (χ0n) is 16.7. The first-order valence-electron chi connectivity index (χ1n) is 9.31. The van der Waals surface area contributed by atoms with Crippen molar-refractivity contribution >= 4 is 35.1 Å². The third kappa shape index (κ3) is 5.77. The minimum Gasteiger partial charge on any atom is -0.491 e. The largest absolute Gasteiger partial charge is 0.491 e. The summed E-state index contributed by atoms with van der Waals surface area (Å²) in [6.45, 7) is 1.56. The highest BCUT2D eigenvalue weighted by Gasteiger charge is 2.22. The summed E-state index contributed by atoms with van der Waals surface area (Å²) >= 11 is 12.3. The maximum atomic E-state index is 12.3. The molecule has 9 nitrogen and oxygen atoms in total. The van der Waals surface area contributed by atoms with Gasteiger partial charge in [-0.05, 0) is 46.5 Å². The number of carboxylic acids is 1. The molecule has 0 aliphatic rings. The fraction of sp³-hybridized carbons (Fsp3) is 0.190. The van der Waals surface area contributed by atoms with E-state index in [0.29, 0.717) is 10.0 Å². The predicted octanol–water partition coefficient (Wildman–Crippen LogP) is 3.25. The van der Waals surface area contributed by atoms with Gasteiger partial charge in [0.25, 0.3) is 5.88 Å². The third-order valence-electron chi connectivity index (χ3n) is 4.61. The van der Waals surface area contributed by atoms with E-state index in [1.165, 1.54) is 5.01 Å². The molecule has 11 heteroatoms. The van der Waals surface area contributed by atoms with E-state index in [9.17, 15) is 19.8 Å². The van der Waals surface area contributed by atoms with Crippen LogP contribution >= 0.6 is 23.2 Å². The number of hydrogen-bond acceptors (Lipinski definition) is 7. The van der Waals surface area contributed by atoms with Gasteiger partial charge < -0.3 is 19.8 Å². The molecule has 1 unspecified atom stereocenters. The molecule has 1 atom stereocenters. The molecule has 3 rings (SSSR count). The monoisotopic (exact) mass is 479 g/mol. The smallest absolute Gasteiger partial charge is 0.333 e. The van der Waals surface area contributed by atoms with Crippen molar-refractivity contribution in [3.63, 3.8) is 0 Å². The summed E-state index contributed by atoms with van der Waals surface area (Å²) in [7, 11) is 0. The number of nitrogens with zero attached hydrogens (tertiary/aromatic N) is 2. The molecule has 4 N–H and O–H groups in total. The van der Waals surface area contributed by atoms with Crippen LogP contribution < -0.4 is 5.43 Å². The molecule has 0 saturated carbocycles. The molecular weight excluding hydrogens is 461 g/mol. The van der Waals surface area contributed by atoms with Crippen molar-refractivity contribution in [1.82, 2.24) is 15.6 Å². The highest BCUT2D eigenvalue weighted by atomic mass is 35.5. The van der Waals surface area contributed by atoms with Crippen LogP contribution in [0.1, 0.15) is 21.7 Å². The second-order valence-corrected chi connectivity index (χ2v) is 7.83. The van der Waals surface area contributed by atoms with Crippen LogP contribution in [0.5, 0.6) is 5.88 Å². The second-order valence-electron chi connectivity index (χ2n) is 6.98. The Hall–Kier alpha value is -3.11. The number of carboxylic acid groups (broad SMARTS) is 1. The molecule has 0 aliphatic carbocycles. The quantitative estimate of drug-likeness (QED) is 0.361. The van der Waals surface area contributed by atoms with Gasteiger partial charge in [0, 0.05) is 16.6 Å². The topological polar surface area (TPSA) is 136 Å².